The molecule has 2 fully saturated rings. The highest BCUT2D eigenvalue weighted by Crippen LogP contribution is 2.38. The normalized spacial score (nSPS) is 20.3. The molecule has 0 saturated carbocycles. The Balaban J connectivity index is 1.35. The molecule has 5 rings (SSSR count). The van der Waals surface area contributed by atoms with E-state index in [4.69, 9.17) is 11.6 Å². The number of amides is 1. The molecule has 2 saturated heterocycles. The highest BCUT2D eigenvalue weighted by atomic mass is 79.9. The minimum atomic E-state index is -0.0548. The Morgan fingerprint density at radius 1 is 1.16 bits per heavy atom. The van der Waals surface area contributed by atoms with Gasteiger partial charge in [-0.15, -0.1) is 5.10 Å². The van der Waals surface area contributed by atoms with Crippen molar-refractivity contribution < 1.29 is 4.79 Å². The van der Waals surface area contributed by atoms with Crippen molar-refractivity contribution in [3.05, 3.63) is 74.5 Å². The summed E-state index contributed by atoms with van der Waals surface area (Å²) in [6.07, 6.45) is 4.63. The Kier molecular flexibility index (Phi) is 7.96. The molecule has 1 atom stereocenters. The summed E-state index contributed by atoms with van der Waals surface area (Å²) in [5, 5.41) is 9.60. The summed E-state index contributed by atoms with van der Waals surface area (Å²) < 4.78 is 2.73. The van der Waals surface area contributed by atoms with E-state index in [2.05, 4.69) is 56.9 Å². The lowest BCUT2D eigenvalue weighted by Gasteiger charge is -2.45. The monoisotopic (exact) mass is 598 g/mol. The lowest BCUT2D eigenvalue weighted by Crippen LogP contribution is -2.57. The molecule has 38 heavy (non-hydrogen) atoms. The SMILES string of the molecule is Cc1ccc(C(=O)N2CCCC2c2cc(Br)ccc2Cl)c(-n2cc(CCN3CCN(C)C(C)(C)C3)nn2)c1. The van der Waals surface area contributed by atoms with Crippen molar-refractivity contribution in [1.82, 2.24) is 29.7 Å². The van der Waals surface area contributed by atoms with Crippen LogP contribution in [0.1, 0.15) is 59.9 Å². The molecule has 0 aliphatic carbocycles. The molecule has 202 valence electrons. The first-order valence-electron chi connectivity index (χ1n) is 13.3. The zero-order chi connectivity index (χ0) is 27.0. The molecule has 1 amide bonds. The number of aryl methyl sites for hydroxylation is 1. The van der Waals surface area contributed by atoms with Gasteiger partial charge in [-0.2, -0.15) is 0 Å². The van der Waals surface area contributed by atoms with Gasteiger partial charge < -0.3 is 4.90 Å². The van der Waals surface area contributed by atoms with Gasteiger partial charge in [0, 0.05) is 54.2 Å². The molecule has 3 aromatic rings. The third kappa shape index (κ3) is 5.69. The standard InChI is InChI=1S/C29H36BrClN6O/c1-20-7-9-23(28(38)36-12-5-6-26(36)24-17-21(30)8-10-25(24)31)27(16-20)37-18-22(32-33-37)11-13-35-15-14-34(4)29(2,3)19-35/h7-10,16-18,26H,5-6,11-15,19H2,1-4H3. The fourth-order valence-corrected chi connectivity index (χ4v) is 6.23. The van der Waals surface area contributed by atoms with Gasteiger partial charge >= 0.3 is 0 Å². The number of aromatic nitrogens is 3. The van der Waals surface area contributed by atoms with Crippen LogP contribution >= 0.6 is 27.5 Å². The number of benzene rings is 2. The van der Waals surface area contributed by atoms with E-state index in [1.807, 2.05) is 54.4 Å². The van der Waals surface area contributed by atoms with E-state index in [9.17, 15) is 4.79 Å². The van der Waals surface area contributed by atoms with Crippen LogP contribution in [0.2, 0.25) is 5.02 Å². The molecular weight excluding hydrogens is 564 g/mol. The second-order valence-corrected chi connectivity index (χ2v) is 12.6. The molecule has 0 radical (unpaired) electrons. The van der Waals surface area contributed by atoms with Crippen molar-refractivity contribution in [3.8, 4) is 5.69 Å². The average Bonchev–Trinajstić information content (AvgIpc) is 3.56. The lowest BCUT2D eigenvalue weighted by atomic mass is 9.99. The van der Waals surface area contributed by atoms with Crippen LogP contribution in [0.5, 0.6) is 0 Å². The molecule has 0 N–H and O–H groups in total. The predicted octanol–water partition coefficient (Wildman–Crippen LogP) is 5.54. The van der Waals surface area contributed by atoms with Crippen LogP contribution in [0.3, 0.4) is 0 Å². The summed E-state index contributed by atoms with van der Waals surface area (Å²) in [7, 11) is 2.20. The molecular formula is C29H36BrClN6O. The van der Waals surface area contributed by atoms with Gasteiger partial charge in [-0.3, -0.25) is 14.6 Å². The number of likely N-dealkylation sites (N-methyl/N-ethyl adjacent to an activating group) is 1. The zero-order valence-corrected chi connectivity index (χ0v) is 25.0. The Morgan fingerprint density at radius 2 is 1.97 bits per heavy atom. The molecule has 9 heteroatoms. The van der Waals surface area contributed by atoms with E-state index in [-0.39, 0.29) is 17.5 Å². The lowest BCUT2D eigenvalue weighted by molar-refractivity contribution is 0.0406. The van der Waals surface area contributed by atoms with Crippen LogP contribution in [0, 0.1) is 6.92 Å². The average molecular weight is 600 g/mol. The predicted molar refractivity (Wildman–Crippen MR) is 155 cm³/mol. The zero-order valence-electron chi connectivity index (χ0n) is 22.6. The maximum absolute atomic E-state index is 14.0. The number of rotatable bonds is 6. The van der Waals surface area contributed by atoms with Gasteiger partial charge in [0.25, 0.3) is 5.91 Å². The number of carbonyl (C=O) groups excluding carboxylic acids is 1. The second kappa shape index (κ2) is 11.1. The highest BCUT2D eigenvalue weighted by Gasteiger charge is 2.34. The topological polar surface area (TPSA) is 57.5 Å². The second-order valence-electron chi connectivity index (χ2n) is 11.3. The van der Waals surface area contributed by atoms with Gasteiger partial charge in [-0.05, 0) is 82.1 Å². The van der Waals surface area contributed by atoms with Crippen molar-refractivity contribution in [2.75, 3.05) is 39.8 Å². The van der Waals surface area contributed by atoms with Crippen LogP contribution in [0.15, 0.2) is 47.1 Å². The number of likely N-dealkylation sites (tertiary alicyclic amines) is 1. The molecule has 0 spiro atoms. The van der Waals surface area contributed by atoms with Crippen molar-refractivity contribution in [2.45, 2.75) is 51.6 Å². The number of hydrogen-bond acceptors (Lipinski definition) is 5. The van der Waals surface area contributed by atoms with Gasteiger partial charge in [-0.1, -0.05) is 38.8 Å². The van der Waals surface area contributed by atoms with Gasteiger partial charge in [0.2, 0.25) is 0 Å². The summed E-state index contributed by atoms with van der Waals surface area (Å²) in [5.74, 6) is -0.00439. The summed E-state index contributed by atoms with van der Waals surface area (Å²) >= 11 is 10.1. The maximum Gasteiger partial charge on any atom is 0.256 e. The fourth-order valence-electron chi connectivity index (χ4n) is 5.61. The third-order valence-corrected chi connectivity index (χ3v) is 8.92. The van der Waals surface area contributed by atoms with Crippen LogP contribution in [0.4, 0.5) is 0 Å². The number of piperazine rings is 1. The molecule has 3 heterocycles. The number of halogens is 2. The Morgan fingerprint density at radius 3 is 2.76 bits per heavy atom. The fraction of sp³-hybridized carbons (Fsp3) is 0.483. The van der Waals surface area contributed by atoms with Crippen LogP contribution in [-0.4, -0.2) is 80.9 Å². The molecule has 2 aliphatic rings. The van der Waals surface area contributed by atoms with E-state index < -0.39 is 0 Å². The van der Waals surface area contributed by atoms with Gasteiger partial charge in [-0.25, -0.2) is 4.68 Å². The van der Waals surface area contributed by atoms with E-state index >= 15 is 0 Å². The van der Waals surface area contributed by atoms with E-state index in [0.29, 0.717) is 17.1 Å². The van der Waals surface area contributed by atoms with Gasteiger partial charge in [0.1, 0.15) is 0 Å². The number of nitrogens with zero attached hydrogens (tertiary/aromatic N) is 6. The first-order valence-corrected chi connectivity index (χ1v) is 14.5. The summed E-state index contributed by atoms with van der Waals surface area (Å²) in [5.41, 5.74) is 4.55. The number of carbonyl (C=O) groups is 1. The van der Waals surface area contributed by atoms with Crippen molar-refractivity contribution in [2.24, 2.45) is 0 Å². The van der Waals surface area contributed by atoms with Crippen molar-refractivity contribution in [1.29, 1.82) is 0 Å². The Labute approximate surface area is 238 Å². The molecule has 2 aliphatic heterocycles. The molecule has 1 aromatic heterocycles. The summed E-state index contributed by atoms with van der Waals surface area (Å²) in [6.45, 7) is 11.4. The Bertz CT molecular complexity index is 1320. The third-order valence-electron chi connectivity index (χ3n) is 8.08. The molecule has 2 aromatic carbocycles. The maximum atomic E-state index is 14.0. The quantitative estimate of drug-likeness (QED) is 0.373. The minimum Gasteiger partial charge on any atom is -0.331 e. The smallest absolute Gasteiger partial charge is 0.256 e. The van der Waals surface area contributed by atoms with Crippen molar-refractivity contribution in [3.63, 3.8) is 0 Å². The summed E-state index contributed by atoms with van der Waals surface area (Å²) in [4.78, 5) is 20.8. The van der Waals surface area contributed by atoms with Crippen LogP contribution in [-0.2, 0) is 6.42 Å². The van der Waals surface area contributed by atoms with E-state index in [1.54, 1.807) is 4.68 Å². The van der Waals surface area contributed by atoms with Crippen LogP contribution < -0.4 is 0 Å². The minimum absolute atomic E-state index is 0.00439. The van der Waals surface area contributed by atoms with Gasteiger partial charge in [0.05, 0.1) is 29.2 Å². The Hall–Kier alpha value is -2.26. The van der Waals surface area contributed by atoms with E-state index in [0.717, 1.165) is 72.4 Å². The highest BCUT2D eigenvalue weighted by molar-refractivity contribution is 9.10. The largest absolute Gasteiger partial charge is 0.331 e. The first kappa shape index (κ1) is 27.3. The number of hydrogen-bond donors (Lipinski definition) is 0. The van der Waals surface area contributed by atoms with Crippen LogP contribution in [0.25, 0.3) is 5.69 Å². The van der Waals surface area contributed by atoms with Crippen molar-refractivity contribution >= 4 is 33.4 Å². The van der Waals surface area contributed by atoms with E-state index in [1.165, 1.54) is 0 Å². The first-order chi connectivity index (χ1) is 18.1. The molecule has 7 nitrogen and oxygen atoms in total. The van der Waals surface area contributed by atoms with Gasteiger partial charge in [0.15, 0.2) is 0 Å². The molecule has 1 unspecified atom stereocenters. The molecule has 0 bridgehead atoms. The summed E-state index contributed by atoms with van der Waals surface area (Å²) in [6, 6.07) is 11.7.